The van der Waals surface area contributed by atoms with Crippen LogP contribution >= 0.6 is 0 Å². The van der Waals surface area contributed by atoms with Gasteiger partial charge in [-0.1, -0.05) is 41.6 Å². The molecule has 0 spiro atoms. The lowest BCUT2D eigenvalue weighted by atomic mass is 10.00. The number of hydrogen-bond donors (Lipinski definition) is 1. The Labute approximate surface area is 162 Å². The zero-order chi connectivity index (χ0) is 19.5. The normalized spacial score (nSPS) is 14.4. The Kier molecular flexibility index (Phi) is 5.06. The maximum Gasteiger partial charge on any atom is 0.318 e. The fourth-order valence-electron chi connectivity index (χ4n) is 3.33. The average Bonchev–Trinajstić information content (AvgIpc) is 3.17. The van der Waals surface area contributed by atoms with E-state index in [4.69, 9.17) is 4.52 Å². The van der Waals surface area contributed by atoms with Gasteiger partial charge in [0.25, 0.3) is 0 Å². The molecule has 0 saturated heterocycles. The van der Waals surface area contributed by atoms with Gasteiger partial charge in [-0.25, -0.2) is 9.18 Å². The zero-order valence-corrected chi connectivity index (χ0v) is 15.6. The van der Waals surface area contributed by atoms with Crippen molar-refractivity contribution < 1.29 is 13.7 Å². The summed E-state index contributed by atoms with van der Waals surface area (Å²) in [5.74, 6) is 0.711. The molecule has 0 saturated carbocycles. The largest absolute Gasteiger partial charge is 0.337 e. The number of nitrogens with zero attached hydrogens (tertiary/aromatic N) is 3. The molecule has 4 rings (SSSR count). The Morgan fingerprint density at radius 3 is 2.89 bits per heavy atom. The van der Waals surface area contributed by atoms with Crippen LogP contribution < -0.4 is 5.32 Å². The van der Waals surface area contributed by atoms with Crippen molar-refractivity contribution in [3.05, 3.63) is 82.8 Å². The Hall–Kier alpha value is -3.22. The predicted octanol–water partition coefficient (Wildman–Crippen LogP) is 3.63. The van der Waals surface area contributed by atoms with Gasteiger partial charge in [-0.2, -0.15) is 4.98 Å². The molecule has 2 aromatic carbocycles. The van der Waals surface area contributed by atoms with E-state index in [9.17, 15) is 9.18 Å². The van der Waals surface area contributed by atoms with E-state index in [1.807, 2.05) is 37.3 Å². The molecule has 1 N–H and O–H groups in total. The van der Waals surface area contributed by atoms with Crippen molar-refractivity contribution in [3.8, 4) is 0 Å². The molecule has 1 atom stereocenters. The number of urea groups is 1. The second kappa shape index (κ2) is 7.80. The van der Waals surface area contributed by atoms with E-state index in [0.717, 1.165) is 16.7 Å². The first-order valence-electron chi connectivity index (χ1n) is 9.27. The lowest BCUT2D eigenvalue weighted by Gasteiger charge is -2.29. The first-order valence-corrected chi connectivity index (χ1v) is 9.27. The van der Waals surface area contributed by atoms with Gasteiger partial charge in [0, 0.05) is 19.5 Å². The number of amides is 2. The summed E-state index contributed by atoms with van der Waals surface area (Å²) in [5.41, 5.74) is 3.02. The van der Waals surface area contributed by atoms with E-state index in [-0.39, 0.29) is 11.8 Å². The molecule has 1 aliphatic heterocycles. The molecular formula is C21H21FN4O2. The van der Waals surface area contributed by atoms with Gasteiger partial charge in [-0.05, 0) is 42.2 Å². The summed E-state index contributed by atoms with van der Waals surface area (Å²) < 4.78 is 18.7. The molecule has 0 radical (unpaired) electrons. The highest BCUT2D eigenvalue weighted by Crippen LogP contribution is 2.21. The van der Waals surface area contributed by atoms with Gasteiger partial charge in [0.15, 0.2) is 5.82 Å². The van der Waals surface area contributed by atoms with Crippen molar-refractivity contribution in [1.82, 2.24) is 20.4 Å². The van der Waals surface area contributed by atoms with Crippen LogP contribution in [0.25, 0.3) is 0 Å². The van der Waals surface area contributed by atoms with Gasteiger partial charge in [-0.3, -0.25) is 0 Å². The number of hydrogen-bond acceptors (Lipinski definition) is 4. The molecule has 0 bridgehead atoms. The van der Waals surface area contributed by atoms with Crippen molar-refractivity contribution in [3.63, 3.8) is 0 Å². The van der Waals surface area contributed by atoms with Gasteiger partial charge < -0.3 is 14.7 Å². The van der Waals surface area contributed by atoms with Gasteiger partial charge in [0.1, 0.15) is 11.9 Å². The Balaban J connectivity index is 1.36. The summed E-state index contributed by atoms with van der Waals surface area (Å²) in [6.07, 6.45) is 1.21. The van der Waals surface area contributed by atoms with Crippen LogP contribution in [0, 0.1) is 5.82 Å². The summed E-state index contributed by atoms with van der Waals surface area (Å²) in [6, 6.07) is 14.0. The highest BCUT2D eigenvalue weighted by molar-refractivity contribution is 5.75. The molecular weight excluding hydrogens is 359 g/mol. The molecule has 1 aromatic heterocycles. The van der Waals surface area contributed by atoms with E-state index in [1.54, 1.807) is 17.0 Å². The van der Waals surface area contributed by atoms with Crippen LogP contribution in [-0.2, 0) is 19.4 Å². The molecule has 2 heterocycles. The van der Waals surface area contributed by atoms with Crippen LogP contribution in [0.15, 0.2) is 53.1 Å². The third kappa shape index (κ3) is 4.03. The molecule has 6 nitrogen and oxygen atoms in total. The van der Waals surface area contributed by atoms with Gasteiger partial charge in [0.05, 0.1) is 0 Å². The van der Waals surface area contributed by atoms with Gasteiger partial charge in [-0.15, -0.1) is 0 Å². The van der Waals surface area contributed by atoms with Crippen LogP contribution in [0.2, 0.25) is 0 Å². The number of nitrogens with one attached hydrogen (secondary N) is 1. The lowest BCUT2D eigenvalue weighted by Crippen LogP contribution is -2.43. The average molecular weight is 380 g/mol. The Morgan fingerprint density at radius 2 is 2.07 bits per heavy atom. The smallest absolute Gasteiger partial charge is 0.318 e. The highest BCUT2D eigenvalue weighted by atomic mass is 19.1. The number of halogens is 1. The number of fused-ring (bicyclic) bond motifs is 1. The molecule has 0 fully saturated rings. The molecule has 7 heteroatoms. The Bertz CT molecular complexity index is 974. The maximum absolute atomic E-state index is 13.3. The summed E-state index contributed by atoms with van der Waals surface area (Å²) >= 11 is 0. The van der Waals surface area contributed by atoms with Crippen LogP contribution in [-0.4, -0.2) is 27.6 Å². The van der Waals surface area contributed by atoms with Crippen molar-refractivity contribution in [2.24, 2.45) is 0 Å². The fraction of sp³-hybridized carbons (Fsp3) is 0.286. The second-order valence-electron chi connectivity index (χ2n) is 6.97. The maximum atomic E-state index is 13.3. The number of benzene rings is 2. The lowest BCUT2D eigenvalue weighted by molar-refractivity contribution is 0.186. The first kappa shape index (κ1) is 18.2. The summed E-state index contributed by atoms with van der Waals surface area (Å²) in [5, 5.41) is 6.91. The molecule has 2 amide bonds. The molecule has 3 aromatic rings. The van der Waals surface area contributed by atoms with Crippen LogP contribution in [0.5, 0.6) is 0 Å². The van der Waals surface area contributed by atoms with Crippen LogP contribution in [0.3, 0.4) is 0 Å². The van der Waals surface area contributed by atoms with E-state index >= 15 is 0 Å². The molecule has 1 unspecified atom stereocenters. The number of rotatable bonds is 4. The monoisotopic (exact) mass is 380 g/mol. The predicted molar refractivity (Wildman–Crippen MR) is 101 cm³/mol. The topological polar surface area (TPSA) is 71.3 Å². The minimum Gasteiger partial charge on any atom is -0.337 e. The van der Waals surface area contributed by atoms with E-state index < -0.39 is 6.04 Å². The van der Waals surface area contributed by atoms with Crippen molar-refractivity contribution in [2.75, 3.05) is 6.54 Å². The standard InChI is InChI=1S/C21H21FN4O2/c1-14(20-24-19(25-28-20)11-15-5-3-2-4-6-15)23-21(27)26-10-9-16-12-18(22)8-7-17(16)13-26/h2-8,12,14H,9-11,13H2,1H3,(H,23,27). The van der Waals surface area contributed by atoms with Crippen molar-refractivity contribution in [2.45, 2.75) is 32.4 Å². The highest BCUT2D eigenvalue weighted by Gasteiger charge is 2.24. The second-order valence-corrected chi connectivity index (χ2v) is 6.97. The SMILES string of the molecule is CC(NC(=O)N1CCc2cc(F)ccc2C1)c1nc(Cc2ccccc2)no1. The van der Waals surface area contributed by atoms with E-state index in [2.05, 4.69) is 15.5 Å². The molecule has 0 aliphatic carbocycles. The van der Waals surface area contributed by atoms with Crippen LogP contribution in [0.1, 0.15) is 41.4 Å². The Morgan fingerprint density at radius 1 is 1.25 bits per heavy atom. The van der Waals surface area contributed by atoms with E-state index in [0.29, 0.717) is 37.6 Å². The van der Waals surface area contributed by atoms with Crippen molar-refractivity contribution in [1.29, 1.82) is 0 Å². The summed E-state index contributed by atoms with van der Waals surface area (Å²) in [4.78, 5) is 18.7. The molecule has 28 heavy (non-hydrogen) atoms. The van der Waals surface area contributed by atoms with Crippen molar-refractivity contribution >= 4 is 6.03 Å². The third-order valence-electron chi connectivity index (χ3n) is 4.87. The summed E-state index contributed by atoms with van der Waals surface area (Å²) in [7, 11) is 0. The van der Waals surface area contributed by atoms with Gasteiger partial charge >= 0.3 is 6.03 Å². The molecule has 1 aliphatic rings. The molecule has 144 valence electrons. The number of carbonyl (C=O) groups is 1. The van der Waals surface area contributed by atoms with Crippen LogP contribution in [0.4, 0.5) is 9.18 Å². The first-order chi connectivity index (χ1) is 13.6. The summed E-state index contributed by atoms with van der Waals surface area (Å²) in [6.45, 7) is 2.81. The van der Waals surface area contributed by atoms with E-state index in [1.165, 1.54) is 6.07 Å². The fourth-order valence-corrected chi connectivity index (χ4v) is 3.33. The third-order valence-corrected chi connectivity index (χ3v) is 4.87. The minimum absolute atomic E-state index is 0.203. The number of carbonyl (C=O) groups excluding carboxylic acids is 1. The minimum atomic E-state index is -0.404. The van der Waals surface area contributed by atoms with Gasteiger partial charge in [0.2, 0.25) is 5.89 Å². The zero-order valence-electron chi connectivity index (χ0n) is 15.6. The number of aromatic nitrogens is 2. The quantitative estimate of drug-likeness (QED) is 0.750.